The normalized spacial score (nSPS) is 15.4. The van der Waals surface area contributed by atoms with Crippen LogP contribution in [0.2, 0.25) is 5.02 Å². The summed E-state index contributed by atoms with van der Waals surface area (Å²) in [5.74, 6) is 0. The molecule has 0 atom stereocenters. The molecule has 2 heterocycles. The fraction of sp³-hybridized carbons (Fsp3) is 0.350. The number of nitrogens with zero attached hydrogens (tertiary/aromatic N) is 3. The Morgan fingerprint density at radius 1 is 1.04 bits per heavy atom. The van der Waals surface area contributed by atoms with E-state index in [1.54, 1.807) is 35.0 Å². The van der Waals surface area contributed by atoms with E-state index in [4.69, 9.17) is 11.6 Å². The van der Waals surface area contributed by atoms with E-state index in [1.165, 1.54) is 11.0 Å². The van der Waals surface area contributed by atoms with Gasteiger partial charge in [-0.15, -0.1) is 0 Å². The van der Waals surface area contributed by atoms with E-state index in [9.17, 15) is 9.59 Å². The third kappa shape index (κ3) is 3.07. The van der Waals surface area contributed by atoms with Crippen LogP contribution in [0.15, 0.2) is 52.2 Å². The molecule has 0 N–H and O–H groups in total. The monoisotopic (exact) mass is 369 g/mol. The van der Waals surface area contributed by atoms with Crippen molar-refractivity contribution in [3.05, 3.63) is 74.0 Å². The number of hydrogen-bond acceptors (Lipinski definition) is 3. The molecule has 134 valence electrons. The molecule has 1 aliphatic carbocycles. The van der Waals surface area contributed by atoms with Gasteiger partial charge in [0.2, 0.25) is 0 Å². The van der Waals surface area contributed by atoms with E-state index in [1.807, 2.05) is 12.1 Å². The fourth-order valence-corrected chi connectivity index (χ4v) is 3.92. The van der Waals surface area contributed by atoms with E-state index in [-0.39, 0.29) is 17.3 Å². The summed E-state index contributed by atoms with van der Waals surface area (Å²) >= 11 is 5.96. The van der Waals surface area contributed by atoms with Gasteiger partial charge < -0.3 is 0 Å². The SMILES string of the molecule is O=c1c2cccnc2n(Cc2ccc(Cl)cc2)c(=O)n1C1CCCCC1. The highest BCUT2D eigenvalue weighted by atomic mass is 35.5. The zero-order chi connectivity index (χ0) is 18.1. The molecule has 0 saturated heterocycles. The molecule has 3 aromatic rings. The topological polar surface area (TPSA) is 56.9 Å². The summed E-state index contributed by atoms with van der Waals surface area (Å²) in [6, 6.07) is 10.8. The Balaban J connectivity index is 1.91. The number of halogens is 1. The van der Waals surface area contributed by atoms with Crippen molar-refractivity contribution in [3.8, 4) is 0 Å². The molecule has 26 heavy (non-hydrogen) atoms. The van der Waals surface area contributed by atoms with Crippen molar-refractivity contribution in [1.29, 1.82) is 0 Å². The summed E-state index contributed by atoms with van der Waals surface area (Å²) < 4.78 is 3.06. The molecular formula is C20H20ClN3O2. The molecule has 1 saturated carbocycles. The van der Waals surface area contributed by atoms with Crippen LogP contribution >= 0.6 is 11.6 Å². The summed E-state index contributed by atoms with van der Waals surface area (Å²) in [6.07, 6.45) is 6.64. The summed E-state index contributed by atoms with van der Waals surface area (Å²) in [4.78, 5) is 30.6. The van der Waals surface area contributed by atoms with Gasteiger partial charge in [0.25, 0.3) is 5.56 Å². The zero-order valence-corrected chi connectivity index (χ0v) is 15.2. The molecule has 0 radical (unpaired) electrons. The van der Waals surface area contributed by atoms with Crippen LogP contribution in [0.3, 0.4) is 0 Å². The van der Waals surface area contributed by atoms with Crippen LogP contribution < -0.4 is 11.2 Å². The number of hydrogen-bond donors (Lipinski definition) is 0. The summed E-state index contributed by atoms with van der Waals surface area (Å²) in [7, 11) is 0. The Labute approximate surface area is 155 Å². The third-order valence-corrected chi connectivity index (χ3v) is 5.37. The largest absolute Gasteiger partial charge is 0.333 e. The second kappa shape index (κ2) is 7.08. The molecule has 1 aromatic carbocycles. The average Bonchev–Trinajstić information content (AvgIpc) is 2.68. The number of fused-ring (bicyclic) bond motifs is 1. The molecule has 0 amide bonds. The molecule has 0 spiro atoms. The maximum atomic E-state index is 13.2. The molecule has 1 fully saturated rings. The van der Waals surface area contributed by atoms with Crippen molar-refractivity contribution in [2.24, 2.45) is 0 Å². The Bertz CT molecular complexity index is 1050. The smallest absolute Gasteiger partial charge is 0.273 e. The zero-order valence-electron chi connectivity index (χ0n) is 14.4. The molecule has 0 bridgehead atoms. The van der Waals surface area contributed by atoms with Gasteiger partial charge in [0, 0.05) is 17.3 Å². The highest BCUT2D eigenvalue weighted by Crippen LogP contribution is 2.26. The molecular weight excluding hydrogens is 350 g/mol. The average molecular weight is 370 g/mol. The Morgan fingerprint density at radius 3 is 2.50 bits per heavy atom. The van der Waals surface area contributed by atoms with Crippen molar-refractivity contribution < 1.29 is 0 Å². The minimum Gasteiger partial charge on any atom is -0.273 e. The van der Waals surface area contributed by atoms with Crippen LogP contribution in [-0.2, 0) is 6.54 Å². The number of benzene rings is 1. The van der Waals surface area contributed by atoms with Crippen molar-refractivity contribution >= 4 is 22.6 Å². The van der Waals surface area contributed by atoms with Gasteiger partial charge >= 0.3 is 5.69 Å². The minimum absolute atomic E-state index is 0.0233. The summed E-state index contributed by atoms with van der Waals surface area (Å²) in [5.41, 5.74) is 0.877. The lowest BCUT2D eigenvalue weighted by Crippen LogP contribution is -2.43. The minimum atomic E-state index is -0.275. The van der Waals surface area contributed by atoms with Crippen LogP contribution in [0.4, 0.5) is 0 Å². The van der Waals surface area contributed by atoms with Crippen molar-refractivity contribution in [2.45, 2.75) is 44.7 Å². The van der Waals surface area contributed by atoms with Crippen LogP contribution in [0, 0.1) is 0 Å². The van der Waals surface area contributed by atoms with Gasteiger partial charge in [-0.3, -0.25) is 13.9 Å². The first-order valence-electron chi connectivity index (χ1n) is 8.99. The summed E-state index contributed by atoms with van der Waals surface area (Å²) in [6.45, 7) is 0.358. The van der Waals surface area contributed by atoms with E-state index in [0.29, 0.717) is 22.6 Å². The highest BCUT2D eigenvalue weighted by Gasteiger charge is 2.22. The van der Waals surface area contributed by atoms with Crippen molar-refractivity contribution in [2.75, 3.05) is 0 Å². The van der Waals surface area contributed by atoms with E-state index in [2.05, 4.69) is 4.98 Å². The maximum Gasteiger partial charge on any atom is 0.333 e. The maximum absolute atomic E-state index is 13.2. The Morgan fingerprint density at radius 2 is 1.77 bits per heavy atom. The van der Waals surface area contributed by atoms with Gasteiger partial charge in [0.1, 0.15) is 5.65 Å². The van der Waals surface area contributed by atoms with Gasteiger partial charge in [0.05, 0.1) is 11.9 Å². The van der Waals surface area contributed by atoms with Gasteiger partial charge in [-0.05, 0) is 42.7 Å². The second-order valence-corrected chi connectivity index (χ2v) is 7.27. The lowest BCUT2D eigenvalue weighted by Gasteiger charge is -2.24. The Kier molecular flexibility index (Phi) is 4.64. The summed E-state index contributed by atoms with van der Waals surface area (Å²) in [5, 5.41) is 1.14. The van der Waals surface area contributed by atoms with Gasteiger partial charge in [-0.1, -0.05) is 43.0 Å². The predicted octanol–water partition coefficient (Wildman–Crippen LogP) is 3.77. The first-order chi connectivity index (χ1) is 12.6. The van der Waals surface area contributed by atoms with E-state index in [0.717, 1.165) is 31.2 Å². The number of pyridine rings is 1. The van der Waals surface area contributed by atoms with Gasteiger partial charge in [-0.2, -0.15) is 0 Å². The molecule has 2 aromatic heterocycles. The van der Waals surface area contributed by atoms with Crippen LogP contribution in [-0.4, -0.2) is 14.1 Å². The lowest BCUT2D eigenvalue weighted by molar-refractivity contribution is 0.332. The molecule has 5 nitrogen and oxygen atoms in total. The first kappa shape index (κ1) is 17.0. The van der Waals surface area contributed by atoms with Crippen LogP contribution in [0.1, 0.15) is 43.7 Å². The number of rotatable bonds is 3. The van der Waals surface area contributed by atoms with E-state index < -0.39 is 0 Å². The van der Waals surface area contributed by atoms with E-state index >= 15 is 0 Å². The molecule has 1 aliphatic rings. The first-order valence-corrected chi connectivity index (χ1v) is 9.37. The lowest BCUT2D eigenvalue weighted by atomic mass is 9.95. The quantitative estimate of drug-likeness (QED) is 0.706. The molecule has 4 rings (SSSR count). The van der Waals surface area contributed by atoms with Crippen molar-refractivity contribution in [3.63, 3.8) is 0 Å². The molecule has 0 aliphatic heterocycles. The van der Waals surface area contributed by atoms with Gasteiger partial charge in [0.15, 0.2) is 0 Å². The van der Waals surface area contributed by atoms with Crippen molar-refractivity contribution in [1.82, 2.24) is 14.1 Å². The molecule has 0 unspecified atom stereocenters. The highest BCUT2D eigenvalue weighted by molar-refractivity contribution is 6.30. The second-order valence-electron chi connectivity index (χ2n) is 6.84. The third-order valence-electron chi connectivity index (χ3n) is 5.12. The fourth-order valence-electron chi connectivity index (χ4n) is 3.79. The van der Waals surface area contributed by atoms with Crippen LogP contribution in [0.5, 0.6) is 0 Å². The van der Waals surface area contributed by atoms with Crippen LogP contribution in [0.25, 0.3) is 11.0 Å². The number of aromatic nitrogens is 3. The standard InChI is InChI=1S/C20H20ClN3O2/c21-15-10-8-14(9-11-15)13-23-18-17(7-4-12-22-18)19(25)24(20(23)26)16-5-2-1-3-6-16/h4,7-12,16H,1-3,5-6,13H2. The molecule has 6 heteroatoms. The Hall–Kier alpha value is -2.40. The predicted molar refractivity (Wildman–Crippen MR) is 103 cm³/mol. The van der Waals surface area contributed by atoms with Gasteiger partial charge in [-0.25, -0.2) is 9.78 Å².